The Morgan fingerprint density at radius 1 is 1.27 bits per heavy atom. The molecule has 2 aromatic rings. The maximum Gasteiger partial charge on any atom is 0.111 e. The summed E-state index contributed by atoms with van der Waals surface area (Å²) in [6.07, 6.45) is 8.18. The van der Waals surface area contributed by atoms with E-state index in [0.717, 1.165) is 0 Å². The summed E-state index contributed by atoms with van der Waals surface area (Å²) in [5, 5.41) is 0. The molecule has 0 amide bonds. The van der Waals surface area contributed by atoms with Crippen LogP contribution in [0.3, 0.4) is 0 Å². The molecule has 3 heteroatoms. The lowest BCUT2D eigenvalue weighted by molar-refractivity contribution is 0.805. The van der Waals surface area contributed by atoms with Crippen molar-refractivity contribution in [3.8, 4) is 11.3 Å². The molecule has 76 valence electrons. The van der Waals surface area contributed by atoms with Crippen LogP contribution in [0.25, 0.3) is 11.3 Å². The summed E-state index contributed by atoms with van der Waals surface area (Å²) < 4.78 is 2.20. The van der Waals surface area contributed by atoms with Crippen molar-refractivity contribution < 1.29 is 0 Å². The van der Waals surface area contributed by atoms with E-state index in [1.54, 1.807) is 0 Å². The van der Waals surface area contributed by atoms with E-state index in [-0.39, 0.29) is 0 Å². The zero-order valence-electron chi connectivity index (χ0n) is 8.72. The number of hydrogen-bond acceptors (Lipinski definition) is 2. The van der Waals surface area contributed by atoms with Gasteiger partial charge in [-0.25, -0.2) is 4.98 Å². The third-order valence-corrected chi connectivity index (χ3v) is 2.94. The van der Waals surface area contributed by atoms with Crippen molar-refractivity contribution >= 4 is 0 Å². The number of pyridine rings is 1. The van der Waals surface area contributed by atoms with Gasteiger partial charge in [-0.05, 0) is 25.0 Å². The molecule has 1 saturated carbocycles. The van der Waals surface area contributed by atoms with Crippen LogP contribution < -0.4 is 0 Å². The van der Waals surface area contributed by atoms with E-state index >= 15 is 0 Å². The lowest BCUT2D eigenvalue weighted by atomic mass is 10.2. The molecule has 3 rings (SSSR count). The molecule has 0 spiro atoms. The molecule has 2 aromatic heterocycles. The predicted octanol–water partition coefficient (Wildman–Crippen LogP) is 2.36. The SMILES string of the molecule is Cn1c(-c2ccncc2)cnc1C1CC1. The fraction of sp³-hybridized carbons (Fsp3) is 0.333. The van der Waals surface area contributed by atoms with Gasteiger partial charge in [0, 0.05) is 30.9 Å². The number of aromatic nitrogens is 3. The van der Waals surface area contributed by atoms with Gasteiger partial charge >= 0.3 is 0 Å². The zero-order valence-corrected chi connectivity index (χ0v) is 8.72. The summed E-state index contributed by atoms with van der Waals surface area (Å²) in [7, 11) is 2.09. The van der Waals surface area contributed by atoms with Gasteiger partial charge < -0.3 is 4.57 Å². The molecule has 0 atom stereocenters. The monoisotopic (exact) mass is 199 g/mol. The standard InChI is InChI=1S/C12H13N3/c1-15-11(9-4-6-13-7-5-9)8-14-12(15)10-2-3-10/h4-8,10H,2-3H2,1H3. The zero-order chi connectivity index (χ0) is 10.3. The normalized spacial score (nSPS) is 15.5. The van der Waals surface area contributed by atoms with Gasteiger partial charge in [0.05, 0.1) is 11.9 Å². The summed E-state index contributed by atoms with van der Waals surface area (Å²) in [4.78, 5) is 8.52. The van der Waals surface area contributed by atoms with E-state index in [4.69, 9.17) is 0 Å². The van der Waals surface area contributed by atoms with Gasteiger partial charge in [-0.3, -0.25) is 4.98 Å². The maximum absolute atomic E-state index is 4.50. The van der Waals surface area contributed by atoms with Crippen LogP contribution in [0, 0.1) is 0 Å². The Kier molecular flexibility index (Phi) is 1.84. The summed E-state index contributed by atoms with van der Waals surface area (Å²) in [6.45, 7) is 0. The second-order valence-electron chi connectivity index (χ2n) is 4.07. The minimum atomic E-state index is 0.700. The average Bonchev–Trinajstić information content (AvgIpc) is 3.04. The molecular weight excluding hydrogens is 186 g/mol. The first-order valence-electron chi connectivity index (χ1n) is 5.28. The lowest BCUT2D eigenvalue weighted by Crippen LogP contribution is -1.97. The fourth-order valence-electron chi connectivity index (χ4n) is 1.94. The molecule has 2 heterocycles. The van der Waals surface area contributed by atoms with Crippen molar-refractivity contribution in [1.29, 1.82) is 0 Å². The highest BCUT2D eigenvalue weighted by molar-refractivity contribution is 5.58. The van der Waals surface area contributed by atoms with Crippen LogP contribution in [-0.4, -0.2) is 14.5 Å². The van der Waals surface area contributed by atoms with Gasteiger partial charge in [-0.15, -0.1) is 0 Å². The van der Waals surface area contributed by atoms with E-state index in [1.165, 1.54) is 29.9 Å². The second-order valence-corrected chi connectivity index (χ2v) is 4.07. The van der Waals surface area contributed by atoms with Crippen LogP contribution >= 0.6 is 0 Å². The lowest BCUT2D eigenvalue weighted by Gasteiger charge is -2.04. The number of hydrogen-bond donors (Lipinski definition) is 0. The minimum Gasteiger partial charge on any atom is -0.331 e. The number of imidazole rings is 1. The highest BCUT2D eigenvalue weighted by Gasteiger charge is 2.28. The topological polar surface area (TPSA) is 30.7 Å². The molecule has 0 bridgehead atoms. The van der Waals surface area contributed by atoms with E-state index in [0.29, 0.717) is 5.92 Å². The van der Waals surface area contributed by atoms with Crippen molar-refractivity contribution in [2.75, 3.05) is 0 Å². The molecule has 15 heavy (non-hydrogen) atoms. The van der Waals surface area contributed by atoms with Crippen molar-refractivity contribution in [3.63, 3.8) is 0 Å². The molecule has 0 aliphatic heterocycles. The first kappa shape index (κ1) is 8.65. The van der Waals surface area contributed by atoms with Crippen LogP contribution in [0.2, 0.25) is 0 Å². The smallest absolute Gasteiger partial charge is 0.111 e. The summed E-state index contributed by atoms with van der Waals surface area (Å²) in [5.41, 5.74) is 2.37. The second kappa shape index (κ2) is 3.19. The Balaban J connectivity index is 2.05. The van der Waals surface area contributed by atoms with Gasteiger partial charge in [0.1, 0.15) is 5.82 Å². The molecule has 0 radical (unpaired) electrons. The summed E-state index contributed by atoms with van der Waals surface area (Å²) >= 11 is 0. The average molecular weight is 199 g/mol. The van der Waals surface area contributed by atoms with E-state index in [1.807, 2.05) is 30.7 Å². The Labute approximate surface area is 88.8 Å². The largest absolute Gasteiger partial charge is 0.331 e. The first-order chi connectivity index (χ1) is 7.36. The number of nitrogens with zero attached hydrogens (tertiary/aromatic N) is 3. The maximum atomic E-state index is 4.50. The van der Waals surface area contributed by atoms with Crippen molar-refractivity contribution in [1.82, 2.24) is 14.5 Å². The number of rotatable bonds is 2. The van der Waals surface area contributed by atoms with Gasteiger partial charge in [-0.1, -0.05) is 0 Å². The Bertz CT molecular complexity index is 469. The van der Waals surface area contributed by atoms with Crippen molar-refractivity contribution in [3.05, 3.63) is 36.5 Å². The summed E-state index contributed by atoms with van der Waals surface area (Å²) in [5.74, 6) is 1.92. The van der Waals surface area contributed by atoms with E-state index < -0.39 is 0 Å². The minimum absolute atomic E-state index is 0.700. The van der Waals surface area contributed by atoms with E-state index in [2.05, 4.69) is 21.6 Å². The van der Waals surface area contributed by atoms with Crippen molar-refractivity contribution in [2.45, 2.75) is 18.8 Å². The Morgan fingerprint density at radius 3 is 2.67 bits per heavy atom. The summed E-state index contributed by atoms with van der Waals surface area (Å²) in [6, 6.07) is 4.04. The third-order valence-electron chi connectivity index (χ3n) is 2.94. The highest BCUT2D eigenvalue weighted by Crippen LogP contribution is 2.40. The molecule has 0 aromatic carbocycles. The van der Waals surface area contributed by atoms with Gasteiger partial charge in [0.25, 0.3) is 0 Å². The van der Waals surface area contributed by atoms with Crippen LogP contribution in [0.4, 0.5) is 0 Å². The van der Waals surface area contributed by atoms with Crippen LogP contribution in [0.5, 0.6) is 0 Å². The van der Waals surface area contributed by atoms with Gasteiger partial charge in [0.15, 0.2) is 0 Å². The first-order valence-corrected chi connectivity index (χ1v) is 5.28. The predicted molar refractivity (Wildman–Crippen MR) is 58.4 cm³/mol. The van der Waals surface area contributed by atoms with Crippen LogP contribution in [-0.2, 0) is 7.05 Å². The van der Waals surface area contributed by atoms with Gasteiger partial charge in [-0.2, -0.15) is 0 Å². The molecule has 1 aliphatic carbocycles. The highest BCUT2D eigenvalue weighted by atomic mass is 15.1. The van der Waals surface area contributed by atoms with Crippen LogP contribution in [0.15, 0.2) is 30.7 Å². The molecule has 0 N–H and O–H groups in total. The Morgan fingerprint density at radius 2 is 2.00 bits per heavy atom. The van der Waals surface area contributed by atoms with Gasteiger partial charge in [0.2, 0.25) is 0 Å². The Hall–Kier alpha value is -1.64. The molecule has 1 aliphatic rings. The molecule has 0 unspecified atom stereocenters. The molecule has 1 fully saturated rings. The van der Waals surface area contributed by atoms with Crippen LogP contribution in [0.1, 0.15) is 24.6 Å². The fourth-order valence-corrected chi connectivity index (χ4v) is 1.94. The molecular formula is C12H13N3. The third kappa shape index (κ3) is 1.44. The van der Waals surface area contributed by atoms with E-state index in [9.17, 15) is 0 Å². The molecule has 0 saturated heterocycles. The quantitative estimate of drug-likeness (QED) is 0.743. The van der Waals surface area contributed by atoms with Crippen molar-refractivity contribution in [2.24, 2.45) is 7.05 Å². The molecule has 3 nitrogen and oxygen atoms in total.